The third kappa shape index (κ3) is 17.8. The number of nitrogens with one attached hydrogen (secondary N) is 3. The van der Waals surface area contributed by atoms with Crippen LogP contribution in [0.1, 0.15) is 256 Å². The van der Waals surface area contributed by atoms with Gasteiger partial charge in [0.15, 0.2) is 0 Å². The Balaban J connectivity index is 0.00000469. The minimum Gasteiger partial charge on any atom is -0.354 e. The first-order chi connectivity index (χ1) is 28.0. The van der Waals surface area contributed by atoms with Gasteiger partial charge in [0.2, 0.25) is 17.8 Å². The normalized spacial score (nSPS) is 24.6. The van der Waals surface area contributed by atoms with Crippen LogP contribution in [0.2, 0.25) is 0 Å². The predicted molar refractivity (Wildman–Crippen MR) is 284 cm³/mol. The van der Waals surface area contributed by atoms with E-state index in [2.05, 4.69) is 143 Å². The number of hydrogen-bond acceptors (Lipinski definition) is 8. The second-order valence-electron chi connectivity index (χ2n) is 28.0. The molecule has 64 heavy (non-hydrogen) atoms. The van der Waals surface area contributed by atoms with Crippen LogP contribution in [0.5, 0.6) is 0 Å². The SMILES string of the molecule is C.C.C.CCCCCCCCNc1nc(N(CNC2CC(C)(C)CC(C)(C)C2)C2CC(C)(C)CC(C)(C)C2)nc(N(CNC2CC(C)(C)CC(C)(C)C2)C2CC(C)(C)CC(C)(C)C2)n1. The zero-order valence-corrected chi connectivity index (χ0v) is 43.4. The van der Waals surface area contributed by atoms with Crippen LogP contribution in [0, 0.1) is 43.3 Å². The van der Waals surface area contributed by atoms with Gasteiger partial charge in [-0.2, -0.15) is 15.0 Å². The molecule has 1 heterocycles. The fraction of sp³-hybridized carbons (Fsp3) is 0.946. The van der Waals surface area contributed by atoms with Crippen molar-refractivity contribution < 1.29 is 0 Å². The number of aromatic nitrogens is 3. The minimum absolute atomic E-state index is 0. The van der Waals surface area contributed by atoms with Gasteiger partial charge in [0.1, 0.15) is 0 Å². The molecule has 1 aromatic heterocycles. The summed E-state index contributed by atoms with van der Waals surface area (Å²) in [5.41, 5.74) is 2.15. The van der Waals surface area contributed by atoms with E-state index in [0.717, 1.165) is 69.8 Å². The maximum absolute atomic E-state index is 5.71. The van der Waals surface area contributed by atoms with Crippen LogP contribution >= 0.6 is 0 Å². The molecular weight excluding hydrogens is 785 g/mol. The summed E-state index contributed by atoms with van der Waals surface area (Å²) in [5, 5.41) is 12.1. The fourth-order valence-electron chi connectivity index (χ4n) is 15.0. The number of rotatable bonds is 18. The number of anilines is 3. The van der Waals surface area contributed by atoms with Crippen molar-refractivity contribution in [2.75, 3.05) is 35.0 Å². The van der Waals surface area contributed by atoms with Crippen LogP contribution < -0.4 is 25.8 Å². The lowest BCUT2D eigenvalue weighted by Crippen LogP contribution is -2.54. The highest BCUT2D eigenvalue weighted by molar-refractivity contribution is 5.47. The lowest BCUT2D eigenvalue weighted by molar-refractivity contribution is 0.0791. The highest BCUT2D eigenvalue weighted by Crippen LogP contribution is 2.51. The van der Waals surface area contributed by atoms with Crippen molar-refractivity contribution in [3.63, 3.8) is 0 Å². The molecule has 4 fully saturated rings. The molecule has 376 valence electrons. The second-order valence-corrected chi connectivity index (χ2v) is 28.0. The highest BCUT2D eigenvalue weighted by atomic mass is 15.4. The Bertz CT molecular complexity index is 1390. The smallest absolute Gasteiger partial charge is 0.233 e. The molecule has 0 radical (unpaired) electrons. The van der Waals surface area contributed by atoms with E-state index in [4.69, 9.17) is 15.0 Å². The van der Waals surface area contributed by atoms with Crippen LogP contribution in [0.15, 0.2) is 0 Å². The van der Waals surface area contributed by atoms with Crippen molar-refractivity contribution in [3.8, 4) is 0 Å². The van der Waals surface area contributed by atoms with E-state index in [0.29, 0.717) is 45.8 Å². The molecule has 4 aliphatic rings. The molecule has 0 saturated heterocycles. The molecule has 1 aromatic rings. The Morgan fingerprint density at radius 2 is 0.719 bits per heavy atom. The van der Waals surface area contributed by atoms with Gasteiger partial charge in [-0.1, -0.05) is 172 Å². The van der Waals surface area contributed by atoms with Crippen molar-refractivity contribution in [1.82, 2.24) is 25.6 Å². The largest absolute Gasteiger partial charge is 0.354 e. The fourth-order valence-corrected chi connectivity index (χ4v) is 15.0. The molecule has 8 heteroatoms. The molecule has 4 aliphatic carbocycles. The van der Waals surface area contributed by atoms with E-state index in [9.17, 15) is 0 Å². The lowest BCUT2D eigenvalue weighted by atomic mass is 9.63. The first kappa shape index (κ1) is 58.5. The van der Waals surface area contributed by atoms with Gasteiger partial charge in [0, 0.05) is 30.7 Å². The van der Waals surface area contributed by atoms with Crippen LogP contribution in [-0.4, -0.2) is 59.0 Å². The Kier molecular flexibility index (Phi) is 20.3. The molecule has 0 bridgehead atoms. The van der Waals surface area contributed by atoms with Crippen molar-refractivity contribution in [2.24, 2.45) is 43.3 Å². The lowest BCUT2D eigenvalue weighted by Gasteiger charge is -2.50. The number of hydrogen-bond donors (Lipinski definition) is 3. The highest BCUT2D eigenvalue weighted by Gasteiger charge is 2.45. The standard InChI is InChI=1S/C53H100N8.3CH4/c1-18-19-20-21-22-23-24-54-43-57-44(60(41-29-50(10,11)35-51(12,13)30-41)37-55-39-25-46(2,3)33-47(4,5)26-39)59-45(58-43)61(42-31-52(14,15)36-53(16,17)32-42)38-56-40-27-48(6,7)34-49(8,9)28-40;;;/h39-42,55-56H,18-38H2,1-17H3,(H,54,57,58,59);3*1H4. The summed E-state index contributed by atoms with van der Waals surface area (Å²) in [4.78, 5) is 21.8. The minimum atomic E-state index is 0. The molecule has 0 aromatic carbocycles. The second kappa shape index (κ2) is 22.2. The molecule has 0 unspecified atom stereocenters. The number of unbranched alkanes of at least 4 members (excludes halogenated alkanes) is 5. The van der Waals surface area contributed by atoms with Gasteiger partial charge in [-0.3, -0.25) is 10.6 Å². The van der Waals surface area contributed by atoms with Crippen molar-refractivity contribution in [1.29, 1.82) is 0 Å². The van der Waals surface area contributed by atoms with Gasteiger partial charge in [0.05, 0.1) is 13.3 Å². The van der Waals surface area contributed by atoms with E-state index in [1.54, 1.807) is 0 Å². The first-order valence-corrected chi connectivity index (χ1v) is 25.5. The van der Waals surface area contributed by atoms with Crippen LogP contribution in [-0.2, 0) is 0 Å². The van der Waals surface area contributed by atoms with E-state index < -0.39 is 0 Å². The summed E-state index contributed by atoms with van der Waals surface area (Å²) >= 11 is 0. The molecular formula is C56H112N8. The van der Waals surface area contributed by atoms with Crippen LogP contribution in [0.25, 0.3) is 0 Å². The molecule has 0 spiro atoms. The summed E-state index contributed by atoms with van der Waals surface area (Å²) in [5.74, 6) is 2.43. The maximum Gasteiger partial charge on any atom is 0.233 e. The zero-order valence-electron chi connectivity index (χ0n) is 43.4. The first-order valence-electron chi connectivity index (χ1n) is 25.5. The van der Waals surface area contributed by atoms with Crippen molar-refractivity contribution in [3.05, 3.63) is 0 Å². The van der Waals surface area contributed by atoms with Crippen LogP contribution in [0.3, 0.4) is 0 Å². The molecule has 0 amide bonds. The molecule has 0 aliphatic heterocycles. The van der Waals surface area contributed by atoms with Gasteiger partial charge in [-0.25, -0.2) is 0 Å². The Morgan fingerprint density at radius 3 is 1.05 bits per heavy atom. The van der Waals surface area contributed by atoms with Gasteiger partial charge in [0.25, 0.3) is 0 Å². The van der Waals surface area contributed by atoms with E-state index >= 15 is 0 Å². The van der Waals surface area contributed by atoms with E-state index in [1.807, 2.05) is 0 Å². The molecule has 0 atom stereocenters. The van der Waals surface area contributed by atoms with Crippen molar-refractivity contribution in [2.45, 2.75) is 280 Å². The van der Waals surface area contributed by atoms with Crippen LogP contribution in [0.4, 0.5) is 17.8 Å². The third-order valence-corrected chi connectivity index (χ3v) is 15.1. The molecule has 3 N–H and O–H groups in total. The summed E-state index contributed by atoms with van der Waals surface area (Å²) < 4.78 is 0. The maximum atomic E-state index is 5.71. The Labute approximate surface area is 400 Å². The summed E-state index contributed by atoms with van der Waals surface area (Å²) in [7, 11) is 0. The van der Waals surface area contributed by atoms with Gasteiger partial charge < -0.3 is 15.1 Å². The topological polar surface area (TPSA) is 81.2 Å². The van der Waals surface area contributed by atoms with E-state index in [1.165, 1.54) is 83.5 Å². The molecule has 5 rings (SSSR count). The van der Waals surface area contributed by atoms with Gasteiger partial charge >= 0.3 is 0 Å². The summed E-state index contributed by atoms with van der Waals surface area (Å²) in [6, 6.07) is 1.55. The Hall–Kier alpha value is -1.67. The summed E-state index contributed by atoms with van der Waals surface area (Å²) in [6.45, 7) is 44.3. The number of nitrogens with zero attached hydrogens (tertiary/aromatic N) is 5. The average molecular weight is 898 g/mol. The average Bonchev–Trinajstić information content (AvgIpc) is 3.02. The zero-order chi connectivity index (χ0) is 45.3. The summed E-state index contributed by atoms with van der Waals surface area (Å²) in [6.07, 6.45) is 21.9. The van der Waals surface area contributed by atoms with E-state index in [-0.39, 0.29) is 43.9 Å². The quantitative estimate of drug-likeness (QED) is 0.0993. The predicted octanol–water partition coefficient (Wildman–Crippen LogP) is 15.7. The molecule has 4 saturated carbocycles. The van der Waals surface area contributed by atoms with Gasteiger partial charge in [-0.15, -0.1) is 0 Å². The monoisotopic (exact) mass is 897 g/mol. The Morgan fingerprint density at radius 1 is 0.422 bits per heavy atom. The van der Waals surface area contributed by atoms with Crippen molar-refractivity contribution >= 4 is 17.8 Å². The third-order valence-electron chi connectivity index (χ3n) is 15.1. The van der Waals surface area contributed by atoms with Gasteiger partial charge in [-0.05, 0) is 127 Å². The molecule has 8 nitrogen and oxygen atoms in total.